The molecule has 0 saturated carbocycles. The van der Waals surface area contributed by atoms with Crippen LogP contribution in [-0.4, -0.2) is 79.0 Å². The second-order valence-corrected chi connectivity index (χ2v) is 13.6. The highest BCUT2D eigenvalue weighted by Crippen LogP contribution is 2.44. The normalized spacial score (nSPS) is 17.2. The lowest BCUT2D eigenvalue weighted by atomic mass is 9.91. The maximum atomic E-state index is 13.2. The number of fused-ring (bicyclic) bond motifs is 1. The highest BCUT2D eigenvalue weighted by atomic mass is 35.5. The summed E-state index contributed by atoms with van der Waals surface area (Å²) in [6.07, 6.45) is 2.89. The minimum Gasteiger partial charge on any atom is -0.467 e. The van der Waals surface area contributed by atoms with Gasteiger partial charge in [-0.2, -0.15) is 0 Å². The largest absolute Gasteiger partial charge is 0.467 e. The second-order valence-electron chi connectivity index (χ2n) is 12.1. The standard InChI is InChI=1S/C33H37ClN4O4S/c1-20-14-26-30(28(21-6-8-23(34)9-7-21)27(20)29(32(39)40-5)42-33(2,3)4)43-31(36-26)22-15-24(17-35-16-22)37-10-12-38(13-11-37)25-18-41-19-25/h6-9,14-17,25,29H,10-13,18-19H2,1-5H3/t29-/m0/s1. The molecule has 43 heavy (non-hydrogen) atoms. The Balaban J connectivity index is 1.42. The van der Waals surface area contributed by atoms with E-state index in [2.05, 4.69) is 20.9 Å². The molecule has 4 aromatic rings. The van der Waals surface area contributed by atoms with Gasteiger partial charge in [-0.05, 0) is 63.1 Å². The highest BCUT2D eigenvalue weighted by molar-refractivity contribution is 7.22. The Morgan fingerprint density at radius 2 is 1.79 bits per heavy atom. The zero-order valence-electron chi connectivity index (χ0n) is 25.2. The van der Waals surface area contributed by atoms with Crippen LogP contribution in [0.5, 0.6) is 0 Å². The number of rotatable bonds is 7. The van der Waals surface area contributed by atoms with Gasteiger partial charge in [0.15, 0.2) is 6.10 Å². The van der Waals surface area contributed by atoms with E-state index >= 15 is 0 Å². The number of piperazine rings is 1. The summed E-state index contributed by atoms with van der Waals surface area (Å²) < 4.78 is 18.0. The third-order valence-corrected chi connectivity index (χ3v) is 9.39. The number of hydrogen-bond acceptors (Lipinski definition) is 9. The van der Waals surface area contributed by atoms with Gasteiger partial charge in [-0.15, -0.1) is 11.3 Å². The molecule has 0 spiro atoms. The first-order valence-corrected chi connectivity index (χ1v) is 15.8. The van der Waals surface area contributed by atoms with Crippen LogP contribution in [0.25, 0.3) is 31.9 Å². The van der Waals surface area contributed by atoms with Crippen molar-refractivity contribution in [2.24, 2.45) is 0 Å². The zero-order chi connectivity index (χ0) is 30.3. The number of benzene rings is 2. The number of halogens is 1. The fraction of sp³-hybridized carbons (Fsp3) is 0.424. The number of pyridine rings is 1. The maximum absolute atomic E-state index is 13.2. The molecule has 2 aliphatic rings. The van der Waals surface area contributed by atoms with Gasteiger partial charge in [0, 0.05) is 54.1 Å². The molecule has 4 heterocycles. The van der Waals surface area contributed by atoms with E-state index in [1.807, 2.05) is 70.4 Å². The number of hydrogen-bond donors (Lipinski definition) is 0. The molecule has 2 aromatic heterocycles. The van der Waals surface area contributed by atoms with Crippen LogP contribution < -0.4 is 4.90 Å². The molecule has 0 amide bonds. The van der Waals surface area contributed by atoms with Gasteiger partial charge in [-0.1, -0.05) is 23.7 Å². The number of anilines is 1. The monoisotopic (exact) mass is 620 g/mol. The topological polar surface area (TPSA) is 77.0 Å². The smallest absolute Gasteiger partial charge is 0.339 e. The summed E-state index contributed by atoms with van der Waals surface area (Å²) in [4.78, 5) is 27.8. The molecule has 6 rings (SSSR count). The van der Waals surface area contributed by atoms with Crippen LogP contribution in [0.4, 0.5) is 5.69 Å². The summed E-state index contributed by atoms with van der Waals surface area (Å²) in [5.74, 6) is -0.445. The first kappa shape index (κ1) is 30.0. The number of carbonyl (C=O) groups excluding carboxylic acids is 1. The molecule has 0 unspecified atom stereocenters. The average Bonchev–Trinajstić information content (AvgIpc) is 3.38. The summed E-state index contributed by atoms with van der Waals surface area (Å²) in [5, 5.41) is 1.51. The van der Waals surface area contributed by atoms with Crippen molar-refractivity contribution in [2.75, 3.05) is 51.4 Å². The van der Waals surface area contributed by atoms with Crippen LogP contribution in [0.15, 0.2) is 48.8 Å². The molecule has 0 bridgehead atoms. The minimum atomic E-state index is -0.916. The van der Waals surface area contributed by atoms with E-state index < -0.39 is 17.7 Å². The van der Waals surface area contributed by atoms with E-state index in [4.69, 9.17) is 30.8 Å². The van der Waals surface area contributed by atoms with Gasteiger partial charge in [-0.25, -0.2) is 9.78 Å². The molecule has 10 heteroatoms. The van der Waals surface area contributed by atoms with Crippen molar-refractivity contribution in [3.63, 3.8) is 0 Å². The number of esters is 1. The SMILES string of the molecule is COC(=O)[C@@H](OC(C)(C)C)c1c(C)cc2nc(-c3cncc(N4CCN(C5COC5)CC4)c3)sc2c1-c1ccc(Cl)cc1. The Bertz CT molecular complexity index is 1620. The molecule has 2 fully saturated rings. The van der Waals surface area contributed by atoms with Gasteiger partial charge in [0.2, 0.25) is 0 Å². The predicted molar refractivity (Wildman–Crippen MR) is 172 cm³/mol. The molecular weight excluding hydrogens is 584 g/mol. The number of aromatic nitrogens is 2. The van der Waals surface area contributed by atoms with Crippen LogP contribution in [0.2, 0.25) is 5.02 Å². The van der Waals surface area contributed by atoms with Crippen LogP contribution in [0.3, 0.4) is 0 Å². The van der Waals surface area contributed by atoms with E-state index in [0.717, 1.165) is 88.1 Å². The quantitative estimate of drug-likeness (QED) is 0.216. The Hall–Kier alpha value is -3.08. The zero-order valence-corrected chi connectivity index (χ0v) is 26.8. The lowest BCUT2D eigenvalue weighted by Gasteiger charge is -2.43. The van der Waals surface area contributed by atoms with Crippen molar-refractivity contribution in [1.29, 1.82) is 0 Å². The molecule has 2 aromatic carbocycles. The lowest BCUT2D eigenvalue weighted by Crippen LogP contribution is -2.56. The Morgan fingerprint density at radius 3 is 2.42 bits per heavy atom. The van der Waals surface area contributed by atoms with Gasteiger partial charge in [0.1, 0.15) is 5.01 Å². The number of thiazole rings is 1. The van der Waals surface area contributed by atoms with Crippen molar-refractivity contribution in [3.05, 3.63) is 64.9 Å². The van der Waals surface area contributed by atoms with Gasteiger partial charge in [-0.3, -0.25) is 9.88 Å². The molecule has 8 nitrogen and oxygen atoms in total. The van der Waals surface area contributed by atoms with Crippen molar-refractivity contribution >= 4 is 44.8 Å². The summed E-state index contributed by atoms with van der Waals surface area (Å²) in [6.45, 7) is 13.4. The van der Waals surface area contributed by atoms with Crippen molar-refractivity contribution < 1.29 is 19.0 Å². The van der Waals surface area contributed by atoms with Crippen molar-refractivity contribution in [3.8, 4) is 21.7 Å². The van der Waals surface area contributed by atoms with Gasteiger partial charge in [0.25, 0.3) is 0 Å². The van der Waals surface area contributed by atoms with E-state index in [9.17, 15) is 4.79 Å². The second kappa shape index (κ2) is 12.1. The average molecular weight is 621 g/mol. The van der Waals surface area contributed by atoms with Gasteiger partial charge in [0.05, 0.1) is 54.1 Å². The first-order valence-electron chi connectivity index (χ1n) is 14.6. The number of carbonyl (C=O) groups is 1. The molecular formula is C33H37ClN4O4S. The number of ether oxygens (including phenoxy) is 3. The lowest BCUT2D eigenvalue weighted by molar-refractivity contribution is -0.164. The summed E-state index contributed by atoms with van der Waals surface area (Å²) in [5.41, 5.74) is 5.83. The minimum absolute atomic E-state index is 0.445. The third kappa shape index (κ3) is 6.28. The fourth-order valence-electron chi connectivity index (χ4n) is 5.76. The Labute approximate surface area is 261 Å². The molecule has 226 valence electrons. The number of methoxy groups -OCH3 is 1. The van der Waals surface area contributed by atoms with E-state index in [1.165, 1.54) is 7.11 Å². The molecule has 0 aliphatic carbocycles. The van der Waals surface area contributed by atoms with E-state index in [1.54, 1.807) is 11.3 Å². The van der Waals surface area contributed by atoms with Gasteiger partial charge >= 0.3 is 5.97 Å². The highest BCUT2D eigenvalue weighted by Gasteiger charge is 2.33. The van der Waals surface area contributed by atoms with Crippen LogP contribution in [-0.2, 0) is 19.0 Å². The third-order valence-electron chi connectivity index (χ3n) is 8.00. The molecule has 0 N–H and O–H groups in total. The van der Waals surface area contributed by atoms with Crippen molar-refractivity contribution in [2.45, 2.75) is 45.4 Å². The molecule has 2 aliphatic heterocycles. The molecule has 2 saturated heterocycles. The van der Waals surface area contributed by atoms with Crippen LogP contribution in [0.1, 0.15) is 38.0 Å². The summed E-state index contributed by atoms with van der Waals surface area (Å²) >= 11 is 7.87. The Kier molecular flexibility index (Phi) is 8.45. The predicted octanol–water partition coefficient (Wildman–Crippen LogP) is 6.54. The summed E-state index contributed by atoms with van der Waals surface area (Å²) in [7, 11) is 1.39. The van der Waals surface area contributed by atoms with Crippen LogP contribution in [0, 0.1) is 6.92 Å². The first-order chi connectivity index (χ1) is 20.6. The maximum Gasteiger partial charge on any atom is 0.339 e. The Morgan fingerprint density at radius 1 is 1.07 bits per heavy atom. The van der Waals surface area contributed by atoms with E-state index in [-0.39, 0.29) is 0 Å². The number of nitrogens with zero attached hydrogens (tertiary/aromatic N) is 4. The molecule has 1 atom stereocenters. The summed E-state index contributed by atoms with van der Waals surface area (Å²) in [6, 6.07) is 12.4. The van der Waals surface area contributed by atoms with Crippen molar-refractivity contribution in [1.82, 2.24) is 14.9 Å². The molecule has 0 radical (unpaired) electrons. The van der Waals surface area contributed by atoms with Gasteiger partial charge < -0.3 is 19.1 Å². The fourth-order valence-corrected chi connectivity index (χ4v) is 6.99. The number of aryl methyl sites for hydroxylation is 1. The van der Waals surface area contributed by atoms with Crippen LogP contribution >= 0.6 is 22.9 Å². The van der Waals surface area contributed by atoms with E-state index in [0.29, 0.717) is 11.1 Å².